The molecule has 0 aromatic heterocycles. The summed E-state index contributed by atoms with van der Waals surface area (Å²) in [6.07, 6.45) is 14.4. The van der Waals surface area contributed by atoms with Crippen molar-refractivity contribution in [3.05, 3.63) is 65.9 Å². The number of ether oxygens (including phenoxy) is 1. The van der Waals surface area contributed by atoms with Gasteiger partial charge in [0.15, 0.2) is 0 Å². The lowest BCUT2D eigenvalue weighted by molar-refractivity contribution is 0.241. The molecule has 0 saturated heterocycles. The van der Waals surface area contributed by atoms with Crippen LogP contribution in [0.25, 0.3) is 0 Å². The van der Waals surface area contributed by atoms with Gasteiger partial charge in [0.05, 0.1) is 5.41 Å². The summed E-state index contributed by atoms with van der Waals surface area (Å²) in [6, 6.07) is 6.15. The van der Waals surface area contributed by atoms with Crippen molar-refractivity contribution in [2.45, 2.75) is 11.5 Å². The molecule has 1 aliphatic carbocycles. The Kier molecular flexibility index (Phi) is 1.57. The molecular weight excluding hydrogens is 210 g/mol. The summed E-state index contributed by atoms with van der Waals surface area (Å²) in [4.78, 5) is 4.30. The average Bonchev–Trinajstić information content (AvgIpc) is 2.58. The van der Waals surface area contributed by atoms with E-state index in [2.05, 4.69) is 35.4 Å². The molecular formula is C15H11NO. The number of allylic oxidation sites excluding steroid dienone is 2. The number of benzene rings is 1. The minimum Gasteiger partial charge on any atom is -0.484 e. The second kappa shape index (κ2) is 2.98. The predicted molar refractivity (Wildman–Crippen MR) is 67.6 cm³/mol. The highest BCUT2D eigenvalue weighted by molar-refractivity contribution is 5.86. The van der Waals surface area contributed by atoms with Crippen LogP contribution in [0.2, 0.25) is 0 Å². The maximum absolute atomic E-state index is 6.03. The van der Waals surface area contributed by atoms with Crippen molar-refractivity contribution < 1.29 is 4.74 Å². The van der Waals surface area contributed by atoms with Gasteiger partial charge in [-0.05, 0) is 18.2 Å². The summed E-state index contributed by atoms with van der Waals surface area (Å²) in [5.74, 6) is 0.974. The van der Waals surface area contributed by atoms with Crippen molar-refractivity contribution in [1.29, 1.82) is 0 Å². The van der Waals surface area contributed by atoms with Crippen molar-refractivity contribution in [2.75, 3.05) is 0 Å². The first-order chi connectivity index (χ1) is 8.40. The Morgan fingerprint density at radius 2 is 2.18 bits per heavy atom. The fraction of sp³-hybridized carbons (Fsp3) is 0.133. The summed E-state index contributed by atoms with van der Waals surface area (Å²) in [6.45, 7) is 0. The van der Waals surface area contributed by atoms with Gasteiger partial charge in [0.25, 0.3) is 0 Å². The maximum Gasteiger partial charge on any atom is 0.134 e. The topological polar surface area (TPSA) is 21.6 Å². The highest BCUT2D eigenvalue weighted by Crippen LogP contribution is 2.48. The summed E-state index contributed by atoms with van der Waals surface area (Å²) in [5, 5.41) is 0. The molecule has 2 unspecified atom stereocenters. The molecule has 1 aromatic carbocycles. The first kappa shape index (κ1) is 8.99. The zero-order chi connectivity index (χ0) is 11.3. The first-order valence-electron chi connectivity index (χ1n) is 5.77. The molecule has 0 radical (unpaired) electrons. The average molecular weight is 221 g/mol. The monoisotopic (exact) mass is 221 g/mol. The number of rotatable bonds is 0. The van der Waals surface area contributed by atoms with E-state index in [1.54, 1.807) is 0 Å². The molecule has 2 aliphatic heterocycles. The van der Waals surface area contributed by atoms with E-state index in [1.165, 1.54) is 5.56 Å². The third kappa shape index (κ3) is 1.02. The number of aliphatic imine (C=N–C) groups is 1. The molecule has 0 saturated carbocycles. The molecule has 0 amide bonds. The van der Waals surface area contributed by atoms with E-state index in [4.69, 9.17) is 4.74 Å². The van der Waals surface area contributed by atoms with Gasteiger partial charge in [0.1, 0.15) is 11.9 Å². The first-order valence-corrected chi connectivity index (χ1v) is 5.77. The standard InChI is InChI=1S/C15H11NO/c1-2-7-15-8-9-16-10-11-4-3-5-12(14(11)15)17-13(15)6-1/h1-10,13H. The van der Waals surface area contributed by atoms with E-state index in [0.29, 0.717) is 0 Å². The lowest BCUT2D eigenvalue weighted by atomic mass is 9.73. The van der Waals surface area contributed by atoms with Gasteiger partial charge in [-0.25, -0.2) is 0 Å². The van der Waals surface area contributed by atoms with Crippen molar-refractivity contribution >= 4 is 6.21 Å². The van der Waals surface area contributed by atoms with Crippen LogP contribution in [-0.4, -0.2) is 12.3 Å². The van der Waals surface area contributed by atoms with Gasteiger partial charge >= 0.3 is 0 Å². The van der Waals surface area contributed by atoms with Crippen LogP contribution in [0, 0.1) is 0 Å². The SMILES string of the molecule is C1=CC2Oc3cccc4c3C2(C=C1)C=CN=C4. The Hall–Kier alpha value is -2.09. The van der Waals surface area contributed by atoms with Gasteiger partial charge in [-0.2, -0.15) is 0 Å². The Morgan fingerprint density at radius 1 is 1.18 bits per heavy atom. The molecule has 1 spiro atoms. The van der Waals surface area contributed by atoms with E-state index in [-0.39, 0.29) is 11.5 Å². The van der Waals surface area contributed by atoms with Crippen LogP contribution in [0.3, 0.4) is 0 Å². The maximum atomic E-state index is 6.03. The van der Waals surface area contributed by atoms with E-state index in [9.17, 15) is 0 Å². The third-order valence-electron chi connectivity index (χ3n) is 3.64. The van der Waals surface area contributed by atoms with E-state index in [1.807, 2.05) is 30.6 Å². The predicted octanol–water partition coefficient (Wildman–Crippen LogP) is 2.76. The summed E-state index contributed by atoms with van der Waals surface area (Å²) in [5.41, 5.74) is 2.22. The largest absolute Gasteiger partial charge is 0.484 e. The normalized spacial score (nSPS) is 30.7. The van der Waals surface area contributed by atoms with Crippen LogP contribution in [0.15, 0.2) is 59.8 Å². The molecule has 2 heterocycles. The van der Waals surface area contributed by atoms with Crippen molar-refractivity contribution in [1.82, 2.24) is 0 Å². The molecule has 17 heavy (non-hydrogen) atoms. The third-order valence-corrected chi connectivity index (χ3v) is 3.64. The van der Waals surface area contributed by atoms with Gasteiger partial charge in [-0.15, -0.1) is 0 Å². The van der Waals surface area contributed by atoms with Crippen molar-refractivity contribution in [3.8, 4) is 5.75 Å². The zero-order valence-electron chi connectivity index (χ0n) is 9.21. The van der Waals surface area contributed by atoms with Gasteiger partial charge in [0.2, 0.25) is 0 Å². The molecule has 4 rings (SSSR count). The Balaban J connectivity index is 2.09. The van der Waals surface area contributed by atoms with Crippen LogP contribution < -0.4 is 4.74 Å². The molecule has 2 atom stereocenters. The van der Waals surface area contributed by atoms with Gasteiger partial charge < -0.3 is 4.74 Å². The number of hydrogen-bond donors (Lipinski definition) is 0. The Morgan fingerprint density at radius 3 is 3.18 bits per heavy atom. The van der Waals surface area contributed by atoms with Crippen LogP contribution in [0.4, 0.5) is 0 Å². The molecule has 0 fully saturated rings. The van der Waals surface area contributed by atoms with Gasteiger partial charge in [0, 0.05) is 23.5 Å². The highest BCUT2D eigenvalue weighted by atomic mass is 16.5. The second-order valence-electron chi connectivity index (χ2n) is 4.53. The fourth-order valence-corrected chi connectivity index (χ4v) is 2.87. The van der Waals surface area contributed by atoms with Gasteiger partial charge in [-0.3, -0.25) is 4.99 Å². The minimum absolute atomic E-state index is 0.0570. The highest BCUT2D eigenvalue weighted by Gasteiger charge is 2.46. The molecule has 82 valence electrons. The van der Waals surface area contributed by atoms with Gasteiger partial charge in [-0.1, -0.05) is 30.4 Å². The molecule has 0 N–H and O–H groups in total. The number of hydrogen-bond acceptors (Lipinski definition) is 2. The second-order valence-corrected chi connectivity index (χ2v) is 4.53. The minimum atomic E-state index is -0.169. The lowest BCUT2D eigenvalue weighted by Crippen LogP contribution is -2.34. The van der Waals surface area contributed by atoms with Crippen LogP contribution in [-0.2, 0) is 5.41 Å². The van der Waals surface area contributed by atoms with Crippen LogP contribution >= 0.6 is 0 Å². The molecule has 2 nitrogen and oxygen atoms in total. The smallest absolute Gasteiger partial charge is 0.134 e. The Labute approximate surface area is 99.6 Å². The van der Waals surface area contributed by atoms with Crippen molar-refractivity contribution in [2.24, 2.45) is 4.99 Å². The number of nitrogens with zero attached hydrogens (tertiary/aromatic N) is 1. The molecule has 1 aromatic rings. The zero-order valence-corrected chi connectivity index (χ0v) is 9.21. The van der Waals surface area contributed by atoms with E-state index >= 15 is 0 Å². The van der Waals surface area contributed by atoms with Crippen LogP contribution in [0.1, 0.15) is 11.1 Å². The fourth-order valence-electron chi connectivity index (χ4n) is 2.87. The summed E-state index contributed by atoms with van der Waals surface area (Å²) >= 11 is 0. The molecule has 3 aliphatic rings. The summed E-state index contributed by atoms with van der Waals surface area (Å²) in [7, 11) is 0. The molecule has 0 bridgehead atoms. The van der Waals surface area contributed by atoms with E-state index in [0.717, 1.165) is 11.3 Å². The quantitative estimate of drug-likeness (QED) is 0.660. The molecule has 2 heteroatoms. The lowest BCUT2D eigenvalue weighted by Gasteiger charge is -2.28. The van der Waals surface area contributed by atoms with Crippen LogP contribution in [0.5, 0.6) is 5.75 Å². The van der Waals surface area contributed by atoms with E-state index < -0.39 is 0 Å². The summed E-state index contributed by atoms with van der Waals surface area (Å²) < 4.78 is 6.03. The Bertz CT molecular complexity index is 609. The van der Waals surface area contributed by atoms with Crippen molar-refractivity contribution in [3.63, 3.8) is 0 Å².